The zero-order chi connectivity index (χ0) is 18.7. The van der Waals surface area contributed by atoms with Crippen LogP contribution in [0.2, 0.25) is 0 Å². The van der Waals surface area contributed by atoms with E-state index in [1.54, 1.807) is 0 Å². The molecule has 2 fully saturated rings. The number of anilines is 1. The zero-order valence-electron chi connectivity index (χ0n) is 15.1. The number of halogens is 2. The maximum absolute atomic E-state index is 12.8. The number of hydrogen-bond acceptors (Lipinski definition) is 6. The number of pyridine rings is 1. The van der Waals surface area contributed by atoms with Crippen LogP contribution in [-0.4, -0.2) is 49.7 Å². The van der Waals surface area contributed by atoms with Crippen LogP contribution in [0.15, 0.2) is 12.3 Å². The lowest BCUT2D eigenvalue weighted by atomic mass is 9.79. The van der Waals surface area contributed by atoms with Crippen LogP contribution in [0.3, 0.4) is 0 Å². The Balaban J connectivity index is 0.000000316. The molecule has 9 heteroatoms. The van der Waals surface area contributed by atoms with Gasteiger partial charge < -0.3 is 24.5 Å². The van der Waals surface area contributed by atoms with Crippen LogP contribution in [0.4, 0.5) is 14.6 Å². The Kier molecular flexibility index (Phi) is 6.37. The fraction of sp³-hybridized carbons (Fsp3) is 0.688. The average Bonchev–Trinajstić information content (AvgIpc) is 2.78. The van der Waals surface area contributed by atoms with Gasteiger partial charge in [-0.2, -0.15) is 0 Å². The minimum Gasteiger partial charge on any atom is -0.399 e. The molecule has 2 saturated heterocycles. The van der Waals surface area contributed by atoms with Gasteiger partial charge in [0.05, 0.1) is 43.2 Å². The van der Waals surface area contributed by atoms with E-state index in [9.17, 15) is 8.78 Å². The average molecular weight is 358 g/mol. The van der Waals surface area contributed by atoms with E-state index in [4.69, 9.17) is 24.5 Å². The third kappa shape index (κ3) is 4.87. The van der Waals surface area contributed by atoms with Gasteiger partial charge >= 0.3 is 7.12 Å². The van der Waals surface area contributed by atoms with Crippen LogP contribution in [-0.2, 0) is 18.8 Å². The number of nitrogen functional groups attached to an aromatic ring is 1. The van der Waals surface area contributed by atoms with Gasteiger partial charge in [0.2, 0.25) is 0 Å². The molecule has 3 heterocycles. The van der Waals surface area contributed by atoms with E-state index < -0.39 is 24.7 Å². The van der Waals surface area contributed by atoms with Crippen LogP contribution in [0.5, 0.6) is 0 Å². The van der Waals surface area contributed by atoms with Crippen molar-refractivity contribution in [3.05, 3.63) is 17.8 Å². The first kappa shape index (κ1) is 20.0. The quantitative estimate of drug-likeness (QED) is 0.815. The number of ether oxygens (including phenoxy) is 2. The van der Waals surface area contributed by atoms with E-state index in [2.05, 4.69) is 4.98 Å². The summed E-state index contributed by atoms with van der Waals surface area (Å²) in [6.07, 6.45) is -1.27. The van der Waals surface area contributed by atoms with Gasteiger partial charge in [-0.15, -0.1) is 0 Å². The highest BCUT2D eigenvalue weighted by atomic mass is 19.3. The van der Waals surface area contributed by atoms with Crippen molar-refractivity contribution in [3.63, 3.8) is 0 Å². The fourth-order valence-electron chi connectivity index (χ4n) is 2.23. The van der Waals surface area contributed by atoms with Crippen molar-refractivity contribution in [2.75, 3.05) is 32.2 Å². The molecule has 140 valence electrons. The molecule has 0 radical (unpaired) electrons. The van der Waals surface area contributed by atoms with Crippen LogP contribution in [0.1, 0.15) is 39.7 Å². The molecule has 1 aromatic heterocycles. The summed E-state index contributed by atoms with van der Waals surface area (Å²) in [5.74, 6) is -0.171. The Morgan fingerprint density at radius 1 is 1.04 bits per heavy atom. The molecular formula is C16H25BF2N2O4. The third-order valence-corrected chi connectivity index (χ3v) is 4.48. The monoisotopic (exact) mass is 358 g/mol. The molecule has 0 unspecified atom stereocenters. The Bertz CT molecular complexity index is 556. The number of hydrogen-bond donors (Lipinski definition) is 1. The number of rotatable bonds is 2. The van der Waals surface area contributed by atoms with Gasteiger partial charge in [0.25, 0.3) is 6.43 Å². The predicted molar refractivity (Wildman–Crippen MR) is 91.0 cm³/mol. The van der Waals surface area contributed by atoms with Gasteiger partial charge in [-0.3, -0.25) is 0 Å². The first-order valence-electron chi connectivity index (χ1n) is 8.18. The van der Waals surface area contributed by atoms with Crippen molar-refractivity contribution in [1.29, 1.82) is 0 Å². The number of alkyl halides is 2. The molecule has 3 rings (SSSR count). The summed E-state index contributed by atoms with van der Waals surface area (Å²) in [6.45, 7) is 10.7. The van der Waals surface area contributed by atoms with Crippen LogP contribution in [0.25, 0.3) is 0 Å². The minimum absolute atomic E-state index is 0.171. The summed E-state index contributed by atoms with van der Waals surface area (Å²) in [6, 6.07) is 1.29. The van der Waals surface area contributed by atoms with Gasteiger partial charge in [0.1, 0.15) is 5.82 Å². The smallest absolute Gasteiger partial charge is 0.399 e. The van der Waals surface area contributed by atoms with Gasteiger partial charge in [-0.05, 0) is 33.8 Å². The van der Waals surface area contributed by atoms with E-state index in [1.807, 2.05) is 27.7 Å². The first-order valence-corrected chi connectivity index (χ1v) is 8.18. The van der Waals surface area contributed by atoms with Crippen LogP contribution in [0, 0.1) is 0 Å². The first-order chi connectivity index (χ1) is 11.6. The lowest BCUT2D eigenvalue weighted by molar-refractivity contribution is -0.0334. The van der Waals surface area contributed by atoms with Crippen molar-refractivity contribution in [3.8, 4) is 0 Å². The molecule has 0 bridgehead atoms. The summed E-state index contributed by atoms with van der Waals surface area (Å²) >= 11 is 0. The Morgan fingerprint density at radius 3 is 1.92 bits per heavy atom. The summed E-state index contributed by atoms with van der Waals surface area (Å²) < 4.78 is 47.0. The Morgan fingerprint density at radius 2 is 1.52 bits per heavy atom. The SMILES string of the molecule is C1COCCO1.CC1(C)OB(c2cnc(N)c(C(F)F)c2)OC1(C)C. The lowest BCUT2D eigenvalue weighted by Crippen LogP contribution is -2.41. The standard InChI is InChI=1S/C12H17BF2N2O2.C4H8O2/c1-11(2)12(3,4)19-13(18-11)7-5-8(9(14)15)10(16)17-6-7;1-2-6-4-3-5-1/h5-6,9H,1-4H3,(H2,16,17);1-4H2. The zero-order valence-corrected chi connectivity index (χ0v) is 15.1. The molecule has 25 heavy (non-hydrogen) atoms. The number of nitrogens with zero attached hydrogens (tertiary/aromatic N) is 1. The van der Waals surface area contributed by atoms with Crippen molar-refractivity contribution in [1.82, 2.24) is 4.98 Å². The number of nitrogens with two attached hydrogens (primary N) is 1. The topological polar surface area (TPSA) is 75.8 Å². The lowest BCUT2D eigenvalue weighted by Gasteiger charge is -2.32. The summed E-state index contributed by atoms with van der Waals surface area (Å²) in [5.41, 5.74) is 4.52. The highest BCUT2D eigenvalue weighted by Gasteiger charge is 2.51. The minimum atomic E-state index is -2.67. The molecule has 0 aromatic carbocycles. The molecule has 0 aliphatic carbocycles. The summed E-state index contributed by atoms with van der Waals surface area (Å²) in [4.78, 5) is 3.78. The second-order valence-corrected chi connectivity index (χ2v) is 6.86. The van der Waals surface area contributed by atoms with Gasteiger partial charge in [-0.1, -0.05) is 0 Å². The fourth-order valence-corrected chi connectivity index (χ4v) is 2.23. The summed E-state index contributed by atoms with van der Waals surface area (Å²) in [5, 5.41) is 0. The predicted octanol–water partition coefficient (Wildman–Crippen LogP) is 1.93. The second kappa shape index (κ2) is 7.95. The molecule has 0 spiro atoms. The normalized spacial score (nSPS) is 21.8. The summed E-state index contributed by atoms with van der Waals surface area (Å²) in [7, 11) is -0.712. The molecule has 1 aromatic rings. The van der Waals surface area contributed by atoms with Crippen molar-refractivity contribution >= 4 is 18.4 Å². The Labute approximate surface area is 147 Å². The van der Waals surface area contributed by atoms with E-state index in [-0.39, 0.29) is 11.4 Å². The van der Waals surface area contributed by atoms with Crippen molar-refractivity contribution in [2.24, 2.45) is 0 Å². The van der Waals surface area contributed by atoms with E-state index in [1.165, 1.54) is 12.3 Å². The van der Waals surface area contributed by atoms with Crippen molar-refractivity contribution in [2.45, 2.75) is 45.3 Å². The highest BCUT2D eigenvalue weighted by molar-refractivity contribution is 6.62. The molecule has 6 nitrogen and oxygen atoms in total. The molecule has 2 aliphatic heterocycles. The molecule has 0 atom stereocenters. The van der Waals surface area contributed by atoms with E-state index >= 15 is 0 Å². The maximum atomic E-state index is 12.8. The second-order valence-electron chi connectivity index (χ2n) is 6.86. The van der Waals surface area contributed by atoms with Gasteiger partial charge in [0.15, 0.2) is 0 Å². The molecular weight excluding hydrogens is 333 g/mol. The molecule has 2 N–H and O–H groups in total. The maximum Gasteiger partial charge on any atom is 0.496 e. The van der Waals surface area contributed by atoms with Crippen LogP contribution >= 0.6 is 0 Å². The van der Waals surface area contributed by atoms with Gasteiger partial charge in [-0.25, -0.2) is 13.8 Å². The highest BCUT2D eigenvalue weighted by Crippen LogP contribution is 2.36. The molecule has 0 saturated carbocycles. The van der Waals surface area contributed by atoms with Crippen LogP contribution < -0.4 is 11.2 Å². The third-order valence-electron chi connectivity index (χ3n) is 4.48. The Hall–Kier alpha value is -1.29. The largest absolute Gasteiger partial charge is 0.496 e. The van der Waals surface area contributed by atoms with Crippen molar-refractivity contribution < 1.29 is 27.6 Å². The molecule has 0 amide bonds. The van der Waals surface area contributed by atoms with Gasteiger partial charge in [0, 0.05) is 11.7 Å². The molecule has 2 aliphatic rings. The number of aromatic nitrogens is 1. The van der Waals surface area contributed by atoms with E-state index in [0.717, 1.165) is 26.4 Å². The van der Waals surface area contributed by atoms with E-state index in [0.29, 0.717) is 5.46 Å².